The number of esters is 1. The lowest BCUT2D eigenvalue weighted by molar-refractivity contribution is -0.165. The molecule has 0 heterocycles. The number of unbranched alkanes of at least 4 members (excludes halogenated alkanes) is 1. The molecule has 3 saturated carbocycles. The third kappa shape index (κ3) is 8.77. The van der Waals surface area contributed by atoms with Crippen LogP contribution in [0.25, 0.3) is 0 Å². The number of ether oxygens (including phenoxy) is 1. The molecule has 8 atom stereocenters. The lowest BCUT2D eigenvalue weighted by atomic mass is 9.47. The molecule has 4 aliphatic rings. The number of allylic oxidation sites excluding steroid dienone is 1. The second-order valence-corrected chi connectivity index (χ2v) is 16.6. The van der Waals surface area contributed by atoms with E-state index in [0.29, 0.717) is 38.0 Å². The lowest BCUT2D eigenvalue weighted by Gasteiger charge is -2.58. The topological polar surface area (TPSA) is 111 Å². The van der Waals surface area contributed by atoms with Crippen LogP contribution < -0.4 is 16.8 Å². The number of carbonyl (C=O) groups is 2. The molecule has 0 radical (unpaired) electrons. The minimum Gasteiger partial charge on any atom is -0.455 e. The average molecular weight is 643 g/mol. The van der Waals surface area contributed by atoms with Crippen molar-refractivity contribution in [2.24, 2.45) is 57.8 Å². The number of rotatable bonds is 17. The van der Waals surface area contributed by atoms with Gasteiger partial charge in [0, 0.05) is 19.5 Å². The molecule has 46 heavy (non-hydrogen) atoms. The number of nitrogens with two attached hydrogens (primary N) is 2. The van der Waals surface area contributed by atoms with Crippen LogP contribution in [-0.4, -0.2) is 62.1 Å². The third-order valence-corrected chi connectivity index (χ3v) is 13.2. The highest BCUT2D eigenvalue weighted by Crippen LogP contribution is 2.67. The van der Waals surface area contributed by atoms with E-state index in [9.17, 15) is 9.59 Å². The van der Waals surface area contributed by atoms with Crippen molar-refractivity contribution in [2.45, 2.75) is 137 Å². The molecule has 4 rings (SSSR count). The maximum atomic E-state index is 13.2. The summed E-state index contributed by atoms with van der Waals surface area (Å²) in [6.45, 7) is 16.5. The predicted molar refractivity (Wildman–Crippen MR) is 189 cm³/mol. The van der Waals surface area contributed by atoms with Gasteiger partial charge in [-0.1, -0.05) is 65.5 Å². The molecule has 0 saturated heterocycles. The number of carbonyl (C=O) groups excluding carboxylic acids is 2. The highest BCUT2D eigenvalue weighted by atomic mass is 16.5. The lowest BCUT2D eigenvalue weighted by Crippen LogP contribution is -2.51. The largest absolute Gasteiger partial charge is 0.455 e. The molecule has 264 valence electrons. The summed E-state index contributed by atoms with van der Waals surface area (Å²) in [4.78, 5) is 28.0. The first kappa shape index (κ1) is 37.4. The second kappa shape index (κ2) is 17.3. The maximum absolute atomic E-state index is 13.2. The van der Waals surface area contributed by atoms with Crippen LogP contribution in [0.4, 0.5) is 0 Å². The standard InChI is InChI=1S/C39H70N4O3/c1-28(2)11-8-12-29(3)33-15-16-34-32-14-13-30-27-31(17-19-38(30,4)35(32)18-20-39(33,34)5)46-37(45)36(44)43(26-10-22-41)25-7-6-23-42-24-9-21-40/h13,28-29,31-35,42H,6-12,14-27,40-41H2,1-5H3/t29-,31+,32+,33-,34+,35+,38+,39-/m1/s1. The van der Waals surface area contributed by atoms with Crippen LogP contribution in [0.2, 0.25) is 0 Å². The summed E-state index contributed by atoms with van der Waals surface area (Å²) in [6, 6.07) is 0. The Kier molecular flexibility index (Phi) is 14.0. The Morgan fingerprint density at radius 3 is 2.39 bits per heavy atom. The van der Waals surface area contributed by atoms with Crippen LogP contribution in [0, 0.1) is 46.3 Å². The van der Waals surface area contributed by atoms with E-state index in [4.69, 9.17) is 16.2 Å². The van der Waals surface area contributed by atoms with E-state index in [-0.39, 0.29) is 11.5 Å². The molecular weight excluding hydrogens is 572 g/mol. The summed E-state index contributed by atoms with van der Waals surface area (Å²) >= 11 is 0. The zero-order chi connectivity index (χ0) is 33.3. The van der Waals surface area contributed by atoms with Gasteiger partial charge >= 0.3 is 11.9 Å². The van der Waals surface area contributed by atoms with Crippen molar-refractivity contribution in [3.8, 4) is 0 Å². The Hall–Kier alpha value is -1.44. The first-order valence-corrected chi connectivity index (χ1v) is 19.3. The third-order valence-electron chi connectivity index (χ3n) is 13.2. The zero-order valence-electron chi connectivity index (χ0n) is 30.3. The van der Waals surface area contributed by atoms with Crippen molar-refractivity contribution in [1.29, 1.82) is 0 Å². The fraction of sp³-hybridized carbons (Fsp3) is 0.897. The summed E-state index contributed by atoms with van der Waals surface area (Å²) in [5.74, 6) is 3.68. The van der Waals surface area contributed by atoms with Gasteiger partial charge in [-0.15, -0.1) is 0 Å². The van der Waals surface area contributed by atoms with Crippen LogP contribution in [0.5, 0.6) is 0 Å². The summed E-state index contributed by atoms with van der Waals surface area (Å²) in [6.07, 6.45) is 19.3. The summed E-state index contributed by atoms with van der Waals surface area (Å²) in [5, 5.41) is 3.38. The van der Waals surface area contributed by atoms with Gasteiger partial charge < -0.3 is 26.4 Å². The van der Waals surface area contributed by atoms with E-state index in [1.807, 2.05) is 0 Å². The van der Waals surface area contributed by atoms with Crippen LogP contribution in [-0.2, 0) is 14.3 Å². The second-order valence-electron chi connectivity index (χ2n) is 16.6. The van der Waals surface area contributed by atoms with Crippen molar-refractivity contribution in [2.75, 3.05) is 39.3 Å². The van der Waals surface area contributed by atoms with Gasteiger partial charge in [-0.2, -0.15) is 0 Å². The van der Waals surface area contributed by atoms with E-state index >= 15 is 0 Å². The van der Waals surface area contributed by atoms with Crippen molar-refractivity contribution in [3.05, 3.63) is 11.6 Å². The number of hydrogen-bond acceptors (Lipinski definition) is 6. The molecule has 1 amide bonds. The van der Waals surface area contributed by atoms with E-state index in [2.05, 4.69) is 46.0 Å². The predicted octanol–water partition coefficient (Wildman–Crippen LogP) is 6.84. The van der Waals surface area contributed by atoms with Crippen molar-refractivity contribution in [3.63, 3.8) is 0 Å². The van der Waals surface area contributed by atoms with Gasteiger partial charge in [0.05, 0.1) is 0 Å². The molecule has 3 fully saturated rings. The van der Waals surface area contributed by atoms with Crippen LogP contribution in [0.15, 0.2) is 11.6 Å². The highest BCUT2D eigenvalue weighted by Gasteiger charge is 2.59. The van der Waals surface area contributed by atoms with Gasteiger partial charge in [0.25, 0.3) is 0 Å². The van der Waals surface area contributed by atoms with E-state index in [1.165, 1.54) is 56.9 Å². The molecule has 7 nitrogen and oxygen atoms in total. The van der Waals surface area contributed by atoms with Crippen molar-refractivity contribution in [1.82, 2.24) is 10.2 Å². The molecule has 7 heteroatoms. The molecule has 0 spiro atoms. The van der Waals surface area contributed by atoms with E-state index in [0.717, 1.165) is 87.1 Å². The van der Waals surface area contributed by atoms with Gasteiger partial charge in [0.1, 0.15) is 6.10 Å². The monoisotopic (exact) mass is 643 g/mol. The normalized spacial score (nSPS) is 32.7. The minimum atomic E-state index is -0.686. The van der Waals surface area contributed by atoms with Gasteiger partial charge in [-0.25, -0.2) is 4.79 Å². The fourth-order valence-corrected chi connectivity index (χ4v) is 10.6. The zero-order valence-corrected chi connectivity index (χ0v) is 30.3. The quantitative estimate of drug-likeness (QED) is 0.0694. The van der Waals surface area contributed by atoms with Gasteiger partial charge in [-0.05, 0) is 143 Å². The maximum Gasteiger partial charge on any atom is 0.397 e. The number of nitrogens with zero attached hydrogens (tertiary/aromatic N) is 1. The Balaban J connectivity index is 1.32. The van der Waals surface area contributed by atoms with Gasteiger partial charge in [0.2, 0.25) is 0 Å². The molecule has 0 aromatic rings. The Morgan fingerprint density at radius 2 is 1.65 bits per heavy atom. The molecule has 0 aliphatic heterocycles. The van der Waals surface area contributed by atoms with E-state index < -0.39 is 11.9 Å². The Morgan fingerprint density at radius 1 is 0.913 bits per heavy atom. The van der Waals surface area contributed by atoms with Crippen molar-refractivity contribution >= 4 is 11.9 Å². The number of fused-ring (bicyclic) bond motifs is 5. The minimum absolute atomic E-state index is 0.198. The molecular formula is C39H70N4O3. The number of amides is 1. The molecule has 0 bridgehead atoms. The van der Waals surface area contributed by atoms with Gasteiger partial charge in [0.15, 0.2) is 0 Å². The summed E-state index contributed by atoms with van der Waals surface area (Å²) in [5.41, 5.74) is 13.5. The number of hydrogen-bond donors (Lipinski definition) is 3. The summed E-state index contributed by atoms with van der Waals surface area (Å²) in [7, 11) is 0. The van der Waals surface area contributed by atoms with E-state index in [1.54, 1.807) is 4.90 Å². The van der Waals surface area contributed by atoms with Crippen LogP contribution in [0.3, 0.4) is 0 Å². The number of nitrogens with one attached hydrogen (secondary N) is 1. The molecule has 4 aliphatic carbocycles. The first-order chi connectivity index (χ1) is 22.0. The molecule has 0 unspecified atom stereocenters. The molecule has 0 aromatic heterocycles. The van der Waals surface area contributed by atoms with Gasteiger partial charge in [-0.3, -0.25) is 4.79 Å². The summed E-state index contributed by atoms with van der Waals surface area (Å²) < 4.78 is 5.96. The Labute approximate surface area is 281 Å². The van der Waals surface area contributed by atoms with Crippen molar-refractivity contribution < 1.29 is 14.3 Å². The SMILES string of the molecule is CC(C)CCC[C@@H](C)[C@H]1CC[C@H]2[C@@H]3CC=C4C[C@@H](OC(=O)C(=O)N(CCCN)CCCCNCCCN)CC[C@]4(C)[C@H]3CC[C@]12C. The molecule has 0 aromatic carbocycles. The Bertz CT molecular complexity index is 1020. The first-order valence-electron chi connectivity index (χ1n) is 19.3. The van der Waals surface area contributed by atoms with Crippen LogP contribution >= 0.6 is 0 Å². The highest BCUT2D eigenvalue weighted by molar-refractivity contribution is 6.32. The smallest absolute Gasteiger partial charge is 0.397 e. The van der Waals surface area contributed by atoms with Crippen LogP contribution in [0.1, 0.15) is 131 Å². The average Bonchev–Trinajstić information content (AvgIpc) is 3.39. The fourth-order valence-electron chi connectivity index (χ4n) is 10.6. The molecule has 5 N–H and O–H groups in total.